The third kappa shape index (κ3) is 2.64. The summed E-state index contributed by atoms with van der Waals surface area (Å²) in [7, 11) is 0. The molecule has 1 aromatic carbocycles. The van der Waals surface area contributed by atoms with Gasteiger partial charge in [0.1, 0.15) is 0 Å². The van der Waals surface area contributed by atoms with Crippen LogP contribution in [0.25, 0.3) is 0 Å². The van der Waals surface area contributed by atoms with Crippen LogP contribution in [0.4, 0.5) is 0 Å². The molecular weight excluding hydrogens is 192 g/mol. The van der Waals surface area contributed by atoms with Crippen LogP contribution in [-0.2, 0) is 4.89 Å². The van der Waals surface area contributed by atoms with Crippen LogP contribution in [-0.4, -0.2) is 34.3 Å². The van der Waals surface area contributed by atoms with E-state index < -0.39 is 5.97 Å². The largest absolute Gasteiger partial charge is 2.00 e. The molecule has 0 atom stereocenters. The van der Waals surface area contributed by atoms with Gasteiger partial charge in [-0.05, 0) is 12.1 Å². The van der Waals surface area contributed by atoms with Gasteiger partial charge in [-0.3, -0.25) is 4.89 Å². The Balaban J connectivity index is -0.000000403. The van der Waals surface area contributed by atoms with Gasteiger partial charge in [0, 0.05) is 0 Å². The van der Waals surface area contributed by atoms with Crippen molar-refractivity contribution in [2.24, 2.45) is 0 Å². The molecule has 0 radical (unpaired) electrons. The molecule has 0 bridgehead atoms. The summed E-state index contributed by atoms with van der Waals surface area (Å²) in [6.07, 6.45) is 0. The fraction of sp³-hybridized carbons (Fsp3) is 0. The van der Waals surface area contributed by atoms with Gasteiger partial charge in [-0.2, -0.15) is 5.26 Å². The fourth-order valence-corrected chi connectivity index (χ4v) is 0.889. The van der Waals surface area contributed by atoms with Gasteiger partial charge in [-0.25, -0.2) is 4.79 Å². The van der Waals surface area contributed by atoms with Crippen LogP contribution in [0, 0.1) is 0 Å². The minimum absolute atomic E-state index is 0. The molecule has 0 aliphatic carbocycles. The number of carbonyl (C=O) groups excluding carboxylic acids is 1. The van der Waals surface area contributed by atoms with Crippen molar-refractivity contribution in [1.82, 2.24) is 0 Å². The van der Waals surface area contributed by atoms with Crippen molar-refractivity contribution in [2.45, 2.75) is 0 Å². The van der Waals surface area contributed by atoms with Gasteiger partial charge in [-0.1, -0.05) is 23.7 Å². The third-order valence-electron chi connectivity index (χ3n) is 1.18. The number of rotatable bonds is 1. The predicted octanol–water partition coefficient (Wildman–Crippen LogP) is 1.81. The monoisotopic (exact) mass is 198 g/mol. The Labute approximate surface area is 93.3 Å². The van der Waals surface area contributed by atoms with Crippen molar-refractivity contribution in [1.29, 1.82) is 0 Å². The number of benzene rings is 1. The maximum atomic E-state index is 10.7. The van der Waals surface area contributed by atoms with E-state index in [-0.39, 0.29) is 36.5 Å². The van der Waals surface area contributed by atoms with E-state index in [2.05, 4.69) is 4.89 Å². The van der Waals surface area contributed by atoms with Crippen molar-refractivity contribution in [3.8, 4) is 0 Å². The summed E-state index contributed by atoms with van der Waals surface area (Å²) in [5.41, 5.74) is 0.150. The summed E-state index contributed by atoms with van der Waals surface area (Å²) in [6.45, 7) is 0. The predicted molar refractivity (Wildman–Crippen MR) is 47.5 cm³/mol. The SMILES string of the molecule is O=C(OO)c1ccccc1Cl.[H-].[H-].[Mg+2]. The van der Waals surface area contributed by atoms with E-state index in [0.717, 1.165) is 0 Å². The van der Waals surface area contributed by atoms with Crippen LogP contribution in [0.1, 0.15) is 13.2 Å². The average Bonchev–Trinajstić information content (AvgIpc) is 2.04. The van der Waals surface area contributed by atoms with Crippen LogP contribution in [0.5, 0.6) is 0 Å². The van der Waals surface area contributed by atoms with Crippen molar-refractivity contribution in [3.05, 3.63) is 34.9 Å². The summed E-state index contributed by atoms with van der Waals surface area (Å²) in [5.74, 6) is -0.851. The maximum Gasteiger partial charge on any atom is 2.00 e. The molecule has 0 aromatic heterocycles. The van der Waals surface area contributed by atoms with E-state index >= 15 is 0 Å². The maximum absolute atomic E-state index is 10.7. The molecule has 0 saturated heterocycles. The van der Waals surface area contributed by atoms with E-state index in [4.69, 9.17) is 16.9 Å². The minimum atomic E-state index is -0.851. The second-order valence-corrected chi connectivity index (χ2v) is 2.27. The zero-order valence-electron chi connectivity index (χ0n) is 8.16. The first-order valence-corrected chi connectivity index (χ1v) is 3.24. The van der Waals surface area contributed by atoms with Crippen LogP contribution >= 0.6 is 11.6 Å². The Morgan fingerprint density at radius 1 is 1.50 bits per heavy atom. The molecule has 12 heavy (non-hydrogen) atoms. The van der Waals surface area contributed by atoms with E-state index in [9.17, 15) is 4.79 Å². The molecule has 0 amide bonds. The molecule has 3 nitrogen and oxygen atoms in total. The molecule has 0 saturated carbocycles. The Bertz CT molecular complexity index is 285. The summed E-state index contributed by atoms with van der Waals surface area (Å²) in [6, 6.07) is 6.29. The Kier molecular flexibility index (Phi) is 5.24. The summed E-state index contributed by atoms with van der Waals surface area (Å²) in [4.78, 5) is 14.2. The van der Waals surface area contributed by atoms with Crippen molar-refractivity contribution in [2.75, 3.05) is 0 Å². The first-order valence-electron chi connectivity index (χ1n) is 2.86. The topological polar surface area (TPSA) is 46.5 Å². The minimum Gasteiger partial charge on any atom is -1.00 e. The molecule has 62 valence electrons. The van der Waals surface area contributed by atoms with Crippen molar-refractivity contribution in [3.63, 3.8) is 0 Å². The number of hydrogen-bond donors (Lipinski definition) is 1. The van der Waals surface area contributed by atoms with E-state index in [1.165, 1.54) is 12.1 Å². The number of hydrogen-bond acceptors (Lipinski definition) is 3. The molecule has 1 aromatic rings. The fourth-order valence-electron chi connectivity index (χ4n) is 0.676. The molecule has 0 aliphatic rings. The van der Waals surface area contributed by atoms with Gasteiger partial charge in [0.15, 0.2) is 0 Å². The molecule has 1 rings (SSSR count). The van der Waals surface area contributed by atoms with Gasteiger partial charge < -0.3 is 2.85 Å². The van der Waals surface area contributed by atoms with Crippen molar-refractivity contribution >= 4 is 40.6 Å². The molecule has 5 heteroatoms. The molecule has 0 heterocycles. The zero-order valence-corrected chi connectivity index (χ0v) is 8.33. The standard InChI is InChI=1S/C7H5ClO3.Mg.2H/c8-6-4-2-1-3-5(6)7(9)11-10;;;/h1-4,10H;;;/q;+2;2*-1. The van der Waals surface area contributed by atoms with Crippen LogP contribution < -0.4 is 0 Å². The van der Waals surface area contributed by atoms with E-state index in [0.29, 0.717) is 0 Å². The molecular formula is C7H7ClMgO3. The first kappa shape index (κ1) is 11.7. The molecule has 0 aliphatic heterocycles. The normalized spacial score (nSPS) is 8.50. The molecule has 0 spiro atoms. The van der Waals surface area contributed by atoms with E-state index in [1.54, 1.807) is 12.1 Å². The summed E-state index contributed by atoms with van der Waals surface area (Å²) in [5, 5.41) is 8.26. The third-order valence-corrected chi connectivity index (χ3v) is 1.51. The quantitative estimate of drug-likeness (QED) is 0.426. The van der Waals surface area contributed by atoms with Gasteiger partial charge in [0.05, 0.1) is 10.6 Å². The zero-order chi connectivity index (χ0) is 8.27. The van der Waals surface area contributed by atoms with Gasteiger partial charge in [0.2, 0.25) is 0 Å². The number of carbonyl (C=O) groups is 1. The second kappa shape index (κ2) is 5.37. The van der Waals surface area contributed by atoms with Gasteiger partial charge in [0.25, 0.3) is 0 Å². The second-order valence-electron chi connectivity index (χ2n) is 1.86. The van der Waals surface area contributed by atoms with Crippen LogP contribution in [0.3, 0.4) is 0 Å². The molecule has 0 unspecified atom stereocenters. The average molecular weight is 199 g/mol. The van der Waals surface area contributed by atoms with Gasteiger partial charge >= 0.3 is 29.0 Å². The van der Waals surface area contributed by atoms with Gasteiger partial charge in [-0.15, -0.1) is 0 Å². The first-order chi connectivity index (χ1) is 5.25. The molecule has 0 fully saturated rings. The summed E-state index contributed by atoms with van der Waals surface area (Å²) < 4.78 is 0. The Morgan fingerprint density at radius 2 is 2.08 bits per heavy atom. The van der Waals surface area contributed by atoms with Crippen LogP contribution in [0.15, 0.2) is 24.3 Å². The Hall–Kier alpha value is -0.294. The van der Waals surface area contributed by atoms with Crippen LogP contribution in [0.2, 0.25) is 5.02 Å². The smallest absolute Gasteiger partial charge is 1.00 e. The number of halogens is 1. The molecule has 1 N–H and O–H groups in total. The summed E-state index contributed by atoms with van der Waals surface area (Å²) >= 11 is 5.59. The Morgan fingerprint density at radius 3 is 2.58 bits per heavy atom. The van der Waals surface area contributed by atoms with Crippen molar-refractivity contribution < 1.29 is 17.8 Å². The van der Waals surface area contributed by atoms with E-state index in [1.807, 2.05) is 0 Å².